The maximum Gasteiger partial charge on any atom is 0.278 e. The zero-order valence-corrected chi connectivity index (χ0v) is 11.7. The molecule has 6 heteroatoms. The minimum atomic E-state index is -0.113. The van der Waals surface area contributed by atoms with Crippen molar-refractivity contribution in [3.63, 3.8) is 0 Å². The van der Waals surface area contributed by atoms with Crippen molar-refractivity contribution in [2.45, 2.75) is 25.9 Å². The number of aliphatic hydroxyl groups excluding tert-OH is 1. The van der Waals surface area contributed by atoms with E-state index in [1.54, 1.807) is 12.1 Å². The monoisotopic (exact) mass is 276 g/mol. The van der Waals surface area contributed by atoms with E-state index in [4.69, 9.17) is 5.11 Å². The Morgan fingerprint density at radius 3 is 2.85 bits per heavy atom. The van der Waals surface area contributed by atoms with Crippen LogP contribution in [0.15, 0.2) is 29.1 Å². The summed E-state index contributed by atoms with van der Waals surface area (Å²) in [4.78, 5) is 14.3. The number of nitrogens with zero attached hydrogens (tertiary/aromatic N) is 4. The van der Waals surface area contributed by atoms with Gasteiger partial charge in [-0.25, -0.2) is 0 Å². The first-order valence-electron chi connectivity index (χ1n) is 6.84. The van der Waals surface area contributed by atoms with Crippen LogP contribution in [0.25, 0.3) is 10.9 Å². The lowest BCUT2D eigenvalue weighted by Crippen LogP contribution is -2.32. The minimum Gasteiger partial charge on any atom is -0.396 e. The fourth-order valence-electron chi connectivity index (χ4n) is 2.09. The molecule has 0 saturated heterocycles. The first kappa shape index (κ1) is 14.6. The van der Waals surface area contributed by atoms with Crippen molar-refractivity contribution in [2.75, 3.05) is 20.2 Å². The van der Waals surface area contributed by atoms with Gasteiger partial charge in [0, 0.05) is 6.61 Å². The molecule has 2 rings (SSSR count). The summed E-state index contributed by atoms with van der Waals surface area (Å²) in [6.45, 7) is 1.52. The van der Waals surface area contributed by atoms with Gasteiger partial charge in [-0.05, 0) is 45.0 Å². The van der Waals surface area contributed by atoms with Gasteiger partial charge in [-0.3, -0.25) is 9.69 Å². The second kappa shape index (κ2) is 7.12. The van der Waals surface area contributed by atoms with E-state index in [1.165, 1.54) is 4.68 Å². The predicted molar refractivity (Wildman–Crippen MR) is 77.4 cm³/mol. The number of hydrogen-bond acceptors (Lipinski definition) is 5. The Morgan fingerprint density at radius 2 is 2.05 bits per heavy atom. The van der Waals surface area contributed by atoms with Crippen molar-refractivity contribution in [3.05, 3.63) is 34.6 Å². The molecule has 0 saturated carbocycles. The van der Waals surface area contributed by atoms with E-state index in [1.807, 2.05) is 24.1 Å². The highest BCUT2D eigenvalue weighted by atomic mass is 16.2. The third kappa shape index (κ3) is 3.61. The Bertz CT molecular complexity index is 611. The van der Waals surface area contributed by atoms with Gasteiger partial charge in [0.25, 0.3) is 5.56 Å². The van der Waals surface area contributed by atoms with Crippen LogP contribution in [0.5, 0.6) is 0 Å². The van der Waals surface area contributed by atoms with Crippen molar-refractivity contribution in [3.8, 4) is 0 Å². The molecule has 1 aromatic heterocycles. The molecule has 0 spiro atoms. The van der Waals surface area contributed by atoms with Gasteiger partial charge in [-0.15, -0.1) is 5.10 Å². The van der Waals surface area contributed by atoms with E-state index < -0.39 is 0 Å². The van der Waals surface area contributed by atoms with Crippen molar-refractivity contribution in [2.24, 2.45) is 0 Å². The lowest BCUT2D eigenvalue weighted by Gasteiger charge is -2.16. The van der Waals surface area contributed by atoms with Crippen LogP contribution in [0.2, 0.25) is 0 Å². The number of aliphatic hydroxyl groups is 1. The zero-order valence-electron chi connectivity index (χ0n) is 11.7. The molecular weight excluding hydrogens is 256 g/mol. The van der Waals surface area contributed by atoms with E-state index in [-0.39, 0.29) is 12.2 Å². The molecular formula is C14H20N4O2. The summed E-state index contributed by atoms with van der Waals surface area (Å²) in [7, 11) is 1.95. The van der Waals surface area contributed by atoms with Gasteiger partial charge in [-0.2, -0.15) is 4.68 Å². The van der Waals surface area contributed by atoms with Crippen molar-refractivity contribution < 1.29 is 5.11 Å². The molecule has 0 unspecified atom stereocenters. The predicted octanol–water partition coefficient (Wildman–Crippen LogP) is 0.843. The number of unbranched alkanes of at least 4 members (excludes halogenated alkanes) is 2. The first-order chi connectivity index (χ1) is 9.72. The third-order valence-corrected chi connectivity index (χ3v) is 3.20. The molecule has 0 radical (unpaired) electrons. The molecule has 6 nitrogen and oxygen atoms in total. The Kier molecular flexibility index (Phi) is 5.20. The molecule has 0 amide bonds. The maximum atomic E-state index is 12.2. The molecule has 0 atom stereocenters. The van der Waals surface area contributed by atoms with Gasteiger partial charge in [0.1, 0.15) is 5.52 Å². The standard InChI is InChI=1S/C14H20N4O2/c1-17(9-5-2-6-10-19)11-18-14(20)12-7-3-4-8-13(12)15-16-18/h3-4,7-8,19H,2,5-6,9-11H2,1H3. The lowest BCUT2D eigenvalue weighted by atomic mass is 10.2. The summed E-state index contributed by atoms with van der Waals surface area (Å²) < 4.78 is 1.38. The van der Waals surface area contributed by atoms with Crippen molar-refractivity contribution >= 4 is 10.9 Å². The molecule has 108 valence electrons. The van der Waals surface area contributed by atoms with Crippen LogP contribution in [0.3, 0.4) is 0 Å². The van der Waals surface area contributed by atoms with E-state index in [2.05, 4.69) is 10.3 Å². The molecule has 0 aliphatic carbocycles. The van der Waals surface area contributed by atoms with Crippen LogP contribution in [0.4, 0.5) is 0 Å². The van der Waals surface area contributed by atoms with Gasteiger partial charge in [0.05, 0.1) is 12.1 Å². The largest absolute Gasteiger partial charge is 0.396 e. The fourth-order valence-corrected chi connectivity index (χ4v) is 2.09. The smallest absolute Gasteiger partial charge is 0.278 e. The molecule has 0 fully saturated rings. The van der Waals surface area contributed by atoms with Crippen molar-refractivity contribution in [1.29, 1.82) is 0 Å². The Hall–Kier alpha value is -1.79. The Morgan fingerprint density at radius 1 is 1.25 bits per heavy atom. The second-order valence-electron chi connectivity index (χ2n) is 4.92. The van der Waals surface area contributed by atoms with Crippen LogP contribution in [0.1, 0.15) is 19.3 Å². The molecule has 1 heterocycles. The van der Waals surface area contributed by atoms with Crippen LogP contribution >= 0.6 is 0 Å². The molecule has 2 aromatic rings. The molecule has 0 aliphatic rings. The summed E-state index contributed by atoms with van der Waals surface area (Å²) in [5.74, 6) is 0. The summed E-state index contributed by atoms with van der Waals surface area (Å²) in [5, 5.41) is 17.3. The quantitative estimate of drug-likeness (QED) is 0.759. The van der Waals surface area contributed by atoms with Crippen LogP contribution in [0, 0.1) is 0 Å². The van der Waals surface area contributed by atoms with E-state index in [0.717, 1.165) is 25.8 Å². The Balaban J connectivity index is 2.02. The van der Waals surface area contributed by atoms with E-state index >= 15 is 0 Å². The number of benzene rings is 1. The third-order valence-electron chi connectivity index (χ3n) is 3.20. The normalized spacial score (nSPS) is 11.3. The Labute approximate surface area is 117 Å². The minimum absolute atomic E-state index is 0.113. The zero-order chi connectivity index (χ0) is 14.4. The fraction of sp³-hybridized carbons (Fsp3) is 0.500. The maximum absolute atomic E-state index is 12.2. The molecule has 0 aliphatic heterocycles. The number of hydrogen-bond donors (Lipinski definition) is 1. The molecule has 1 N–H and O–H groups in total. The highest BCUT2D eigenvalue weighted by Gasteiger charge is 2.06. The van der Waals surface area contributed by atoms with E-state index in [9.17, 15) is 4.79 Å². The number of fused-ring (bicyclic) bond motifs is 1. The summed E-state index contributed by atoms with van der Waals surface area (Å²) in [5.41, 5.74) is 0.511. The summed E-state index contributed by atoms with van der Waals surface area (Å²) in [6.07, 6.45) is 2.80. The molecule has 1 aromatic carbocycles. The van der Waals surface area contributed by atoms with Crippen molar-refractivity contribution in [1.82, 2.24) is 19.9 Å². The van der Waals surface area contributed by atoms with Gasteiger partial charge >= 0.3 is 0 Å². The number of rotatable bonds is 7. The van der Waals surface area contributed by atoms with Gasteiger partial charge in [0.2, 0.25) is 0 Å². The second-order valence-corrected chi connectivity index (χ2v) is 4.92. The topological polar surface area (TPSA) is 71.2 Å². The average molecular weight is 276 g/mol. The molecule has 20 heavy (non-hydrogen) atoms. The number of aromatic nitrogens is 3. The first-order valence-corrected chi connectivity index (χ1v) is 6.84. The van der Waals surface area contributed by atoms with Crippen LogP contribution < -0.4 is 5.56 Å². The van der Waals surface area contributed by atoms with Crippen LogP contribution in [-0.4, -0.2) is 45.2 Å². The van der Waals surface area contributed by atoms with Crippen LogP contribution in [-0.2, 0) is 6.67 Å². The van der Waals surface area contributed by atoms with Gasteiger partial charge in [0.15, 0.2) is 0 Å². The molecule has 0 bridgehead atoms. The summed E-state index contributed by atoms with van der Waals surface area (Å²) in [6, 6.07) is 7.22. The van der Waals surface area contributed by atoms with E-state index in [0.29, 0.717) is 17.6 Å². The average Bonchev–Trinajstić information content (AvgIpc) is 2.47. The lowest BCUT2D eigenvalue weighted by molar-refractivity contribution is 0.232. The highest BCUT2D eigenvalue weighted by Crippen LogP contribution is 2.03. The highest BCUT2D eigenvalue weighted by molar-refractivity contribution is 5.76. The SMILES string of the molecule is CN(CCCCCO)Cn1nnc2ccccc2c1=O. The van der Waals surface area contributed by atoms with Gasteiger partial charge in [-0.1, -0.05) is 17.3 Å². The van der Waals surface area contributed by atoms with Gasteiger partial charge < -0.3 is 5.11 Å². The summed E-state index contributed by atoms with van der Waals surface area (Å²) >= 11 is 0.